The van der Waals surface area contributed by atoms with Gasteiger partial charge in [0.1, 0.15) is 5.82 Å². The number of hydrogen-bond donors (Lipinski definition) is 2. The van der Waals surface area contributed by atoms with E-state index < -0.39 is 0 Å². The van der Waals surface area contributed by atoms with Gasteiger partial charge in [-0.2, -0.15) is 0 Å². The van der Waals surface area contributed by atoms with E-state index >= 15 is 0 Å². The minimum atomic E-state index is -0.219. The Morgan fingerprint density at radius 3 is 2.78 bits per heavy atom. The van der Waals surface area contributed by atoms with Crippen molar-refractivity contribution in [3.05, 3.63) is 46.7 Å². The Bertz CT molecular complexity index is 730. The number of anilines is 1. The molecule has 1 fully saturated rings. The minimum Gasteiger partial charge on any atom is -0.357 e. The number of guanidine groups is 1. The lowest BCUT2D eigenvalue weighted by Crippen LogP contribution is -2.38. The molecule has 1 aromatic heterocycles. The predicted octanol–water partition coefficient (Wildman–Crippen LogP) is 3.80. The maximum Gasteiger partial charge on any atom is 0.191 e. The van der Waals surface area contributed by atoms with E-state index in [1.165, 1.54) is 18.9 Å². The van der Waals surface area contributed by atoms with Crippen LogP contribution in [0, 0.1) is 5.82 Å². The first kappa shape index (κ1) is 21.9. The number of nitrogens with one attached hydrogen (secondary N) is 2. The highest BCUT2D eigenvalue weighted by atomic mass is 127. The Morgan fingerprint density at radius 2 is 2.04 bits per heavy atom. The van der Waals surface area contributed by atoms with E-state index in [2.05, 4.69) is 25.9 Å². The molecule has 5 nitrogen and oxygen atoms in total. The van der Waals surface area contributed by atoms with Crippen LogP contribution in [-0.4, -0.2) is 37.1 Å². The second-order valence-corrected chi connectivity index (χ2v) is 7.12. The summed E-state index contributed by atoms with van der Waals surface area (Å²) >= 11 is 1.72. The Labute approximate surface area is 181 Å². The molecule has 0 spiro atoms. The zero-order valence-corrected chi connectivity index (χ0v) is 18.7. The van der Waals surface area contributed by atoms with Gasteiger partial charge in [-0.25, -0.2) is 14.4 Å². The summed E-state index contributed by atoms with van der Waals surface area (Å²) < 4.78 is 13.7. The summed E-state index contributed by atoms with van der Waals surface area (Å²) in [5.74, 6) is 0.481. The molecule has 3 rings (SSSR count). The van der Waals surface area contributed by atoms with Gasteiger partial charge in [0, 0.05) is 43.5 Å². The third kappa shape index (κ3) is 6.60. The van der Waals surface area contributed by atoms with Crippen molar-refractivity contribution in [2.24, 2.45) is 4.99 Å². The van der Waals surface area contributed by atoms with Crippen molar-refractivity contribution >= 4 is 46.4 Å². The number of benzene rings is 1. The van der Waals surface area contributed by atoms with Crippen molar-refractivity contribution < 1.29 is 4.39 Å². The van der Waals surface area contributed by atoms with E-state index in [-0.39, 0.29) is 29.8 Å². The molecular weight excluding hydrogens is 476 g/mol. The van der Waals surface area contributed by atoms with Crippen LogP contribution >= 0.6 is 35.3 Å². The SMILES string of the molecule is CCNC(=NCc1ccccc1F)NCCc1csc(N2CCCC2)n1.I. The standard InChI is InChI=1S/C19H26FN5S.HI/c1-2-21-18(23-13-15-7-3-4-8-17(15)20)22-10-9-16-14-26-19(24-16)25-11-5-6-12-25;/h3-4,7-8,14H,2,5-6,9-13H2,1H3,(H2,21,22,23);1H. The van der Waals surface area contributed by atoms with Crippen LogP contribution in [0.15, 0.2) is 34.6 Å². The molecule has 8 heteroatoms. The zero-order chi connectivity index (χ0) is 18.2. The molecule has 0 atom stereocenters. The summed E-state index contributed by atoms with van der Waals surface area (Å²) in [4.78, 5) is 11.6. The molecule has 0 amide bonds. The molecule has 0 radical (unpaired) electrons. The molecule has 27 heavy (non-hydrogen) atoms. The molecule has 1 aliphatic heterocycles. The van der Waals surface area contributed by atoms with Gasteiger partial charge in [0.2, 0.25) is 0 Å². The maximum atomic E-state index is 13.7. The molecule has 1 saturated heterocycles. The number of aromatic nitrogens is 1. The Hall–Kier alpha value is -1.42. The van der Waals surface area contributed by atoms with E-state index in [4.69, 9.17) is 4.98 Å². The van der Waals surface area contributed by atoms with Crippen molar-refractivity contribution in [2.75, 3.05) is 31.1 Å². The fourth-order valence-electron chi connectivity index (χ4n) is 2.91. The van der Waals surface area contributed by atoms with Crippen molar-refractivity contribution in [1.29, 1.82) is 0 Å². The number of rotatable bonds is 7. The van der Waals surface area contributed by atoms with E-state index in [1.54, 1.807) is 23.5 Å². The third-order valence-corrected chi connectivity index (χ3v) is 5.25. The Morgan fingerprint density at radius 1 is 1.26 bits per heavy atom. The Kier molecular flexibility index (Phi) is 9.26. The molecule has 0 aliphatic carbocycles. The lowest BCUT2D eigenvalue weighted by atomic mass is 10.2. The quantitative estimate of drug-likeness (QED) is 0.343. The van der Waals surface area contributed by atoms with Gasteiger partial charge in [-0.05, 0) is 25.8 Å². The van der Waals surface area contributed by atoms with Crippen LogP contribution in [0.4, 0.5) is 9.52 Å². The summed E-state index contributed by atoms with van der Waals surface area (Å²) in [6, 6.07) is 6.74. The summed E-state index contributed by atoms with van der Waals surface area (Å²) in [6.07, 6.45) is 3.37. The molecule has 2 heterocycles. The smallest absolute Gasteiger partial charge is 0.191 e. The van der Waals surface area contributed by atoms with Gasteiger partial charge in [0.15, 0.2) is 11.1 Å². The number of hydrogen-bond acceptors (Lipinski definition) is 4. The first-order chi connectivity index (χ1) is 12.8. The average molecular weight is 503 g/mol. The number of nitrogens with zero attached hydrogens (tertiary/aromatic N) is 3. The lowest BCUT2D eigenvalue weighted by Gasteiger charge is -2.12. The highest BCUT2D eigenvalue weighted by molar-refractivity contribution is 14.0. The number of thiazole rings is 1. The Balaban J connectivity index is 0.00000261. The molecule has 0 unspecified atom stereocenters. The van der Waals surface area contributed by atoms with Crippen molar-refractivity contribution in [3.63, 3.8) is 0 Å². The van der Waals surface area contributed by atoms with E-state index in [0.717, 1.165) is 43.4 Å². The highest BCUT2D eigenvalue weighted by Gasteiger charge is 2.15. The average Bonchev–Trinajstić information content (AvgIpc) is 3.32. The van der Waals surface area contributed by atoms with Gasteiger partial charge in [-0.3, -0.25) is 0 Å². The van der Waals surface area contributed by atoms with Gasteiger partial charge in [-0.15, -0.1) is 35.3 Å². The van der Waals surface area contributed by atoms with Crippen LogP contribution in [-0.2, 0) is 13.0 Å². The second-order valence-electron chi connectivity index (χ2n) is 6.28. The lowest BCUT2D eigenvalue weighted by molar-refractivity contribution is 0.610. The maximum absolute atomic E-state index is 13.7. The van der Waals surface area contributed by atoms with Gasteiger partial charge in [0.25, 0.3) is 0 Å². The molecule has 2 N–H and O–H groups in total. The first-order valence-corrected chi connectivity index (χ1v) is 10.1. The first-order valence-electron chi connectivity index (χ1n) is 9.21. The molecule has 1 aromatic carbocycles. The fraction of sp³-hybridized carbons (Fsp3) is 0.474. The van der Waals surface area contributed by atoms with Crippen molar-refractivity contribution in [2.45, 2.75) is 32.7 Å². The van der Waals surface area contributed by atoms with Gasteiger partial charge in [-0.1, -0.05) is 18.2 Å². The molecule has 0 bridgehead atoms. The van der Waals surface area contributed by atoms with Crippen LogP contribution in [0.1, 0.15) is 31.0 Å². The largest absolute Gasteiger partial charge is 0.357 e. The third-order valence-electron chi connectivity index (χ3n) is 4.30. The van der Waals surface area contributed by atoms with Crippen LogP contribution in [0.5, 0.6) is 0 Å². The van der Waals surface area contributed by atoms with Crippen molar-refractivity contribution in [3.8, 4) is 0 Å². The number of halogens is 2. The minimum absolute atomic E-state index is 0. The fourth-order valence-corrected chi connectivity index (χ4v) is 3.82. The summed E-state index contributed by atoms with van der Waals surface area (Å²) in [5.41, 5.74) is 1.70. The monoisotopic (exact) mass is 503 g/mol. The molecule has 2 aromatic rings. The topological polar surface area (TPSA) is 52.6 Å². The molecule has 148 valence electrons. The summed E-state index contributed by atoms with van der Waals surface area (Å²) in [6.45, 7) is 6.09. The van der Waals surface area contributed by atoms with Crippen LogP contribution in [0.25, 0.3) is 0 Å². The van der Waals surface area contributed by atoms with Gasteiger partial charge >= 0.3 is 0 Å². The predicted molar refractivity (Wildman–Crippen MR) is 122 cm³/mol. The van der Waals surface area contributed by atoms with Gasteiger partial charge < -0.3 is 15.5 Å². The molecule has 0 saturated carbocycles. The normalized spacial score (nSPS) is 14.1. The highest BCUT2D eigenvalue weighted by Crippen LogP contribution is 2.24. The second kappa shape index (κ2) is 11.4. The number of aliphatic imine (C=N–C) groups is 1. The van der Waals surface area contributed by atoms with E-state index in [9.17, 15) is 4.39 Å². The zero-order valence-electron chi connectivity index (χ0n) is 15.6. The van der Waals surface area contributed by atoms with Crippen LogP contribution < -0.4 is 15.5 Å². The van der Waals surface area contributed by atoms with E-state index in [1.807, 2.05) is 13.0 Å². The van der Waals surface area contributed by atoms with Crippen LogP contribution in [0.2, 0.25) is 0 Å². The summed E-state index contributed by atoms with van der Waals surface area (Å²) in [5, 5.41) is 9.78. The van der Waals surface area contributed by atoms with Crippen molar-refractivity contribution in [1.82, 2.24) is 15.6 Å². The molecule has 1 aliphatic rings. The molecular formula is C19H27FIN5S. The summed E-state index contributed by atoms with van der Waals surface area (Å²) in [7, 11) is 0. The van der Waals surface area contributed by atoms with Crippen LogP contribution in [0.3, 0.4) is 0 Å². The van der Waals surface area contributed by atoms with Gasteiger partial charge in [0.05, 0.1) is 12.2 Å². The van der Waals surface area contributed by atoms with E-state index in [0.29, 0.717) is 18.1 Å².